The van der Waals surface area contributed by atoms with Crippen LogP contribution in [0.15, 0.2) is 113 Å². The van der Waals surface area contributed by atoms with Crippen LogP contribution in [0.25, 0.3) is 215 Å². The third kappa shape index (κ3) is 2.95. The molecule has 0 bridgehead atoms. The molecule has 4 heteroatoms. The second kappa shape index (κ2) is 11.5. The molecule has 0 N–H and O–H groups in total. The van der Waals surface area contributed by atoms with E-state index in [-0.39, 0.29) is 17.9 Å². The summed E-state index contributed by atoms with van der Waals surface area (Å²) in [5.41, 5.74) is 24.6. The van der Waals surface area contributed by atoms with E-state index in [9.17, 15) is 9.59 Å². The normalized spacial score (nSPS) is 25.7. The number of ether oxygens (including phenoxy) is 2. The van der Waals surface area contributed by atoms with Gasteiger partial charge in [-0.25, -0.2) is 0 Å². The molecule has 0 amide bonds. The highest BCUT2D eigenvalue weighted by Crippen LogP contribution is 2.92. The van der Waals surface area contributed by atoms with E-state index in [4.69, 9.17) is 9.47 Å². The maximum absolute atomic E-state index is 14.6. The van der Waals surface area contributed by atoms with E-state index in [0.29, 0.717) is 26.1 Å². The van der Waals surface area contributed by atoms with Gasteiger partial charge in [-0.2, -0.15) is 0 Å². The summed E-state index contributed by atoms with van der Waals surface area (Å²) in [6.45, 7) is 4.72. The molecular formula is C92H42O4. The van der Waals surface area contributed by atoms with Crippen molar-refractivity contribution in [2.75, 3.05) is 13.2 Å². The molecule has 0 saturated heterocycles. The largest absolute Gasteiger partial charge is 0.466 e. The lowest BCUT2D eigenvalue weighted by molar-refractivity contribution is -0.144. The molecule has 0 aliphatic heterocycles. The monoisotopic (exact) mass is 1210 g/mol. The van der Waals surface area contributed by atoms with Crippen molar-refractivity contribution < 1.29 is 19.1 Å². The van der Waals surface area contributed by atoms with Gasteiger partial charge in [-0.05, 0) is 362 Å². The number of carbonyl (C=O) groups is 2. The van der Waals surface area contributed by atoms with Gasteiger partial charge < -0.3 is 9.47 Å². The van der Waals surface area contributed by atoms with Crippen molar-refractivity contribution >= 4 is 227 Å². The number of esters is 2. The van der Waals surface area contributed by atoms with Crippen molar-refractivity contribution in [1.82, 2.24) is 0 Å². The van der Waals surface area contributed by atoms with Gasteiger partial charge in [0.05, 0.1) is 18.6 Å². The molecule has 96 heavy (non-hydrogen) atoms. The smallest absolute Gasteiger partial charge is 0.305 e. The molecule has 24 aromatic carbocycles. The number of allylic oxidation sites excluding steroid dienone is 4. The maximum Gasteiger partial charge on any atom is 0.305 e. The zero-order chi connectivity index (χ0) is 60.2. The molecule has 0 saturated carbocycles. The molecule has 0 fully saturated rings. The van der Waals surface area contributed by atoms with Crippen LogP contribution in [-0.2, 0) is 59.0 Å². The van der Waals surface area contributed by atoms with Crippen LogP contribution in [0.1, 0.15) is 125 Å². The van der Waals surface area contributed by atoms with Crippen LogP contribution in [0.2, 0.25) is 0 Å². The molecule has 0 spiro atoms. The van der Waals surface area contributed by atoms with Gasteiger partial charge in [0.25, 0.3) is 0 Å². The SMILES string of the molecule is CCOC(=O)CCCC12C3=C4C5C6=C3C3(CCCC(=O)OCC)c7c1c1c8c2c2c9c%10c(c%11c%12c%13c(c%14c%15c%16c(c3c3c7c7c1c1c%17c8c9c8c9c%10c%12c%10c%12c%13c%15c%13c%15c%16c3c3c7c1c1c(c%178)c(c9%10)c(c%13%12)c1c3%15)C6%14c1ccccc1)C%115Cc1ccccc1)C42Cc1ccccc1. The number of rotatable bonds is 15. The lowest BCUT2D eigenvalue weighted by Crippen LogP contribution is -2.57. The molecule has 11 aliphatic carbocycles. The standard InChI is InChI=1S/C92H42O4/c1-3-95-31(93)22-14-24-88-73-63-53-43-38-34-33-35-37-36(34)41-49-45(38)54(53)65-69-59(49)61-51(41)52-42(37)50-48-40(35)47-46-39(33)44(43)55-56(46)66-67-57(47)58(48)68-70-60(50)62(52)72-71(61)81-79(69)89(74(65)73,25-15-23-32(94)96-4-2)85-83(88)84-86-87(85)92(81,30-20-12-7-13-21-30)82(72)80(70)91(86,27-29-18-10-6-11-19-29)78(68)77(67)90(84,76(66)75(88)64(55)63)26-28-16-8-5-9-17-28/h5-13,16-21,86H,3-4,14-15,22-27H2,1-2H3. The zero-order valence-corrected chi connectivity index (χ0v) is 51.9. The average Bonchev–Trinajstić information content (AvgIpc) is 1.37. The lowest BCUT2D eigenvalue weighted by atomic mass is 9.40. The molecule has 24 aromatic rings. The second-order valence-electron chi connectivity index (χ2n) is 33.2. The Hall–Kier alpha value is -10.4. The van der Waals surface area contributed by atoms with Crippen LogP contribution in [0.4, 0.5) is 0 Å². The van der Waals surface area contributed by atoms with Gasteiger partial charge in [-0.3, -0.25) is 9.59 Å². The highest BCUT2D eigenvalue weighted by atomic mass is 16.5. The molecule has 6 atom stereocenters. The second-order valence-corrected chi connectivity index (χ2v) is 33.2. The fourth-order valence-corrected chi connectivity index (χ4v) is 31.1. The maximum atomic E-state index is 14.6. The highest BCUT2D eigenvalue weighted by molar-refractivity contribution is 6.77. The summed E-state index contributed by atoms with van der Waals surface area (Å²) < 4.78 is 12.1. The number of benzene rings is 18. The Morgan fingerprint density at radius 3 is 0.979 bits per heavy atom. The van der Waals surface area contributed by atoms with Crippen LogP contribution in [0.5, 0.6) is 0 Å². The van der Waals surface area contributed by atoms with Gasteiger partial charge in [0.1, 0.15) is 0 Å². The summed E-state index contributed by atoms with van der Waals surface area (Å²) in [5.74, 6) is -0.184. The number of hydrogen-bond acceptors (Lipinski definition) is 4. The van der Waals surface area contributed by atoms with Crippen molar-refractivity contribution in [2.24, 2.45) is 5.92 Å². The average molecular weight is 1210 g/mol. The van der Waals surface area contributed by atoms with E-state index in [1.54, 1.807) is 293 Å². The van der Waals surface area contributed by atoms with Gasteiger partial charge in [0.15, 0.2) is 0 Å². The van der Waals surface area contributed by atoms with Crippen molar-refractivity contribution in [3.05, 3.63) is 186 Å². The zero-order valence-electron chi connectivity index (χ0n) is 51.9. The molecule has 434 valence electrons. The molecule has 11 aliphatic rings. The summed E-state index contributed by atoms with van der Waals surface area (Å²) in [7, 11) is 0. The first-order valence-corrected chi connectivity index (χ1v) is 36.2. The summed E-state index contributed by atoms with van der Waals surface area (Å²) in [6, 6.07) is 36.3. The van der Waals surface area contributed by atoms with Crippen LogP contribution >= 0.6 is 0 Å². The van der Waals surface area contributed by atoms with Crippen molar-refractivity contribution in [2.45, 2.75) is 92.3 Å². The minimum Gasteiger partial charge on any atom is -0.466 e. The molecule has 0 aromatic heterocycles. The Morgan fingerprint density at radius 1 is 0.312 bits per heavy atom. The van der Waals surface area contributed by atoms with E-state index in [1.807, 2.05) is 13.8 Å². The fraction of sp³-hybridized carbons (Fsp3) is 0.196. The van der Waals surface area contributed by atoms with Crippen LogP contribution < -0.4 is 0 Å². The molecule has 0 heterocycles. The molecule has 6 unspecified atom stereocenters. The van der Waals surface area contributed by atoms with Gasteiger partial charge in [-0.1, -0.05) is 91.0 Å². The molecule has 4 nitrogen and oxygen atoms in total. The van der Waals surface area contributed by atoms with E-state index in [1.165, 1.54) is 16.7 Å². The van der Waals surface area contributed by atoms with Crippen molar-refractivity contribution in [3.8, 4) is 0 Å². The minimum absolute atomic E-state index is 0.0221. The summed E-state index contributed by atoms with van der Waals surface area (Å²) in [5, 5.41) is 63.5. The first-order valence-electron chi connectivity index (χ1n) is 36.2. The van der Waals surface area contributed by atoms with E-state index < -0.39 is 27.1 Å². The Bertz CT molecular complexity index is 8220. The third-order valence-electron chi connectivity index (χ3n) is 31.6. The summed E-state index contributed by atoms with van der Waals surface area (Å²) in [6.07, 6.45) is 5.64. The van der Waals surface area contributed by atoms with Gasteiger partial charge >= 0.3 is 11.9 Å². The van der Waals surface area contributed by atoms with E-state index in [2.05, 4.69) is 91.0 Å². The van der Waals surface area contributed by atoms with Gasteiger partial charge in [0.2, 0.25) is 0 Å². The van der Waals surface area contributed by atoms with Gasteiger partial charge in [0, 0.05) is 40.4 Å². The van der Waals surface area contributed by atoms with Crippen molar-refractivity contribution in [3.63, 3.8) is 0 Å². The first-order chi connectivity index (χ1) is 47.5. The van der Waals surface area contributed by atoms with Crippen molar-refractivity contribution in [1.29, 1.82) is 0 Å². The Kier molecular flexibility index (Phi) is 5.22. The molecular weight excluding hydrogens is 1170 g/mol. The summed E-state index contributed by atoms with van der Waals surface area (Å²) in [4.78, 5) is 29.2. The fourth-order valence-electron chi connectivity index (χ4n) is 31.1. The van der Waals surface area contributed by atoms with Crippen LogP contribution in [0.3, 0.4) is 0 Å². The Morgan fingerprint density at radius 2 is 0.594 bits per heavy atom. The highest BCUT2D eigenvalue weighted by Gasteiger charge is 2.81. The molecule has 0 radical (unpaired) electrons. The van der Waals surface area contributed by atoms with E-state index in [0.717, 1.165) is 38.5 Å². The minimum atomic E-state index is -0.654. The van der Waals surface area contributed by atoms with E-state index >= 15 is 0 Å². The number of hydrogen-bond donors (Lipinski definition) is 0. The predicted molar refractivity (Wildman–Crippen MR) is 386 cm³/mol. The van der Waals surface area contributed by atoms with Crippen LogP contribution in [0, 0.1) is 5.92 Å². The Labute approximate surface area is 540 Å². The molecule has 35 rings (SSSR count). The summed E-state index contributed by atoms with van der Waals surface area (Å²) >= 11 is 0. The van der Waals surface area contributed by atoms with Crippen LogP contribution in [-0.4, -0.2) is 25.2 Å². The predicted octanol–water partition coefficient (Wildman–Crippen LogP) is 20.9. The van der Waals surface area contributed by atoms with Gasteiger partial charge in [-0.15, -0.1) is 0 Å². The third-order valence-corrected chi connectivity index (χ3v) is 31.6. The quantitative estimate of drug-likeness (QED) is 0.0758. The topological polar surface area (TPSA) is 52.6 Å². The lowest BCUT2D eigenvalue weighted by Gasteiger charge is -2.60. The number of carbonyl (C=O) groups excluding carboxylic acids is 2. The first kappa shape index (κ1) is 43.5. The Balaban J connectivity index is 0.972.